The van der Waals surface area contributed by atoms with Crippen LogP contribution in [0.4, 0.5) is 4.39 Å². The Morgan fingerprint density at radius 3 is 2.52 bits per heavy atom. The van der Waals surface area contributed by atoms with Gasteiger partial charge in [-0.1, -0.05) is 17.3 Å². The van der Waals surface area contributed by atoms with Crippen molar-refractivity contribution >= 4 is 11.0 Å². The molecule has 5 nitrogen and oxygen atoms in total. The quantitative estimate of drug-likeness (QED) is 0.563. The molecule has 4 aromatic rings. The number of rotatable bonds is 3. The maximum atomic E-state index is 13.1. The zero-order chi connectivity index (χ0) is 17.6. The zero-order valence-electron chi connectivity index (χ0n) is 14.2. The molecule has 0 aliphatic carbocycles. The molecule has 126 valence electrons. The van der Waals surface area contributed by atoms with Crippen LogP contribution in [-0.2, 0) is 6.54 Å². The topological polar surface area (TPSA) is 56.7 Å². The van der Waals surface area contributed by atoms with Crippen molar-refractivity contribution in [2.75, 3.05) is 0 Å². The minimum atomic E-state index is -0.243. The molecular weight excluding hydrogens is 319 g/mol. The highest BCUT2D eigenvalue weighted by Gasteiger charge is 2.15. The Kier molecular flexibility index (Phi) is 3.60. The second kappa shape index (κ2) is 5.81. The Morgan fingerprint density at radius 2 is 1.84 bits per heavy atom. The fraction of sp³-hybridized carbons (Fsp3) is 0.211. The second-order valence-electron chi connectivity index (χ2n) is 6.16. The molecule has 0 saturated carbocycles. The molecule has 3 aromatic heterocycles. The van der Waals surface area contributed by atoms with Crippen LogP contribution in [0.2, 0.25) is 0 Å². The van der Waals surface area contributed by atoms with Crippen LogP contribution in [0.5, 0.6) is 0 Å². The molecule has 0 amide bonds. The van der Waals surface area contributed by atoms with Gasteiger partial charge in [-0.05, 0) is 44.5 Å². The maximum Gasteiger partial charge on any atom is 0.141 e. The SMILES string of the molecule is Cc1noc(C)c1-c1cnc2c(C)nn(Cc3ccc(F)cc3)c2c1. The molecule has 3 heterocycles. The van der Waals surface area contributed by atoms with Crippen LogP contribution in [0.25, 0.3) is 22.2 Å². The summed E-state index contributed by atoms with van der Waals surface area (Å²) in [5.74, 6) is 0.521. The highest BCUT2D eigenvalue weighted by Crippen LogP contribution is 2.29. The first kappa shape index (κ1) is 15.5. The van der Waals surface area contributed by atoms with Crippen LogP contribution < -0.4 is 0 Å². The van der Waals surface area contributed by atoms with E-state index in [0.717, 1.165) is 44.9 Å². The van der Waals surface area contributed by atoms with Gasteiger partial charge in [-0.3, -0.25) is 9.67 Å². The number of nitrogens with zero attached hydrogens (tertiary/aromatic N) is 4. The number of fused-ring (bicyclic) bond motifs is 1. The Bertz CT molecular complexity index is 1040. The molecule has 0 unspecified atom stereocenters. The normalized spacial score (nSPS) is 11.4. The van der Waals surface area contributed by atoms with E-state index in [-0.39, 0.29) is 5.82 Å². The van der Waals surface area contributed by atoms with E-state index in [4.69, 9.17) is 4.52 Å². The second-order valence-corrected chi connectivity index (χ2v) is 6.16. The summed E-state index contributed by atoms with van der Waals surface area (Å²) in [6, 6.07) is 8.51. The number of aryl methyl sites for hydroxylation is 3. The van der Waals surface area contributed by atoms with Gasteiger partial charge in [0.25, 0.3) is 0 Å². The molecule has 0 spiro atoms. The predicted octanol–water partition coefficient (Wildman–Crippen LogP) is 4.20. The van der Waals surface area contributed by atoms with Gasteiger partial charge in [0.15, 0.2) is 0 Å². The van der Waals surface area contributed by atoms with Crippen LogP contribution in [-0.4, -0.2) is 19.9 Å². The van der Waals surface area contributed by atoms with Crippen molar-refractivity contribution < 1.29 is 8.91 Å². The van der Waals surface area contributed by atoms with E-state index >= 15 is 0 Å². The molecule has 0 N–H and O–H groups in total. The predicted molar refractivity (Wildman–Crippen MR) is 92.7 cm³/mol. The molecule has 0 aliphatic rings. The Labute approximate surface area is 144 Å². The summed E-state index contributed by atoms with van der Waals surface area (Å²) in [6.07, 6.45) is 1.83. The van der Waals surface area contributed by atoms with Crippen molar-refractivity contribution in [1.82, 2.24) is 19.9 Å². The summed E-state index contributed by atoms with van der Waals surface area (Å²) in [6.45, 7) is 6.29. The lowest BCUT2D eigenvalue weighted by Gasteiger charge is -2.05. The van der Waals surface area contributed by atoms with E-state index in [1.165, 1.54) is 12.1 Å². The molecule has 25 heavy (non-hydrogen) atoms. The summed E-state index contributed by atoms with van der Waals surface area (Å²) in [4.78, 5) is 4.58. The van der Waals surface area contributed by atoms with Crippen LogP contribution in [0.3, 0.4) is 0 Å². The summed E-state index contributed by atoms with van der Waals surface area (Å²) in [5, 5.41) is 8.61. The van der Waals surface area contributed by atoms with Crippen molar-refractivity contribution in [2.24, 2.45) is 0 Å². The summed E-state index contributed by atoms with van der Waals surface area (Å²) in [5.41, 5.74) is 6.37. The molecule has 0 bridgehead atoms. The number of benzene rings is 1. The number of hydrogen-bond donors (Lipinski definition) is 0. The number of halogens is 1. The van der Waals surface area contributed by atoms with Crippen molar-refractivity contribution in [3.8, 4) is 11.1 Å². The highest BCUT2D eigenvalue weighted by molar-refractivity contribution is 5.83. The summed E-state index contributed by atoms with van der Waals surface area (Å²) < 4.78 is 20.3. The zero-order valence-corrected chi connectivity index (χ0v) is 14.2. The van der Waals surface area contributed by atoms with Gasteiger partial charge in [-0.25, -0.2) is 4.39 Å². The molecular formula is C19H17FN4O. The van der Waals surface area contributed by atoms with E-state index in [2.05, 4.69) is 21.3 Å². The fourth-order valence-corrected chi connectivity index (χ4v) is 3.13. The Morgan fingerprint density at radius 1 is 1.08 bits per heavy atom. The number of pyridine rings is 1. The van der Waals surface area contributed by atoms with Crippen molar-refractivity contribution in [2.45, 2.75) is 27.3 Å². The van der Waals surface area contributed by atoms with Crippen LogP contribution in [0.15, 0.2) is 41.1 Å². The molecule has 4 rings (SSSR count). The van der Waals surface area contributed by atoms with Crippen molar-refractivity contribution in [3.63, 3.8) is 0 Å². The number of aromatic nitrogens is 4. The molecule has 6 heteroatoms. The first-order valence-electron chi connectivity index (χ1n) is 8.04. The smallest absolute Gasteiger partial charge is 0.141 e. The van der Waals surface area contributed by atoms with Crippen LogP contribution >= 0.6 is 0 Å². The Balaban J connectivity index is 1.82. The lowest BCUT2D eigenvalue weighted by Crippen LogP contribution is -2.02. The van der Waals surface area contributed by atoms with Crippen LogP contribution in [0, 0.1) is 26.6 Å². The molecule has 1 aromatic carbocycles. The average molecular weight is 336 g/mol. The average Bonchev–Trinajstić information content (AvgIpc) is 3.09. The van der Waals surface area contributed by atoms with Gasteiger partial charge in [-0.15, -0.1) is 0 Å². The lowest BCUT2D eigenvalue weighted by molar-refractivity contribution is 0.393. The molecule has 0 aliphatic heterocycles. The van der Waals surface area contributed by atoms with Gasteiger partial charge in [0.1, 0.15) is 17.1 Å². The van der Waals surface area contributed by atoms with Gasteiger partial charge in [-0.2, -0.15) is 5.10 Å². The van der Waals surface area contributed by atoms with Gasteiger partial charge >= 0.3 is 0 Å². The summed E-state index contributed by atoms with van der Waals surface area (Å²) >= 11 is 0. The third-order valence-corrected chi connectivity index (χ3v) is 4.33. The van der Waals surface area contributed by atoms with Crippen molar-refractivity contribution in [3.05, 3.63) is 65.1 Å². The van der Waals surface area contributed by atoms with E-state index in [1.807, 2.05) is 31.6 Å². The van der Waals surface area contributed by atoms with Crippen LogP contribution in [0.1, 0.15) is 22.7 Å². The summed E-state index contributed by atoms with van der Waals surface area (Å²) in [7, 11) is 0. The third kappa shape index (κ3) is 2.69. The highest BCUT2D eigenvalue weighted by atomic mass is 19.1. The molecule has 0 radical (unpaired) electrons. The van der Waals surface area contributed by atoms with Gasteiger partial charge < -0.3 is 4.52 Å². The molecule has 0 atom stereocenters. The fourth-order valence-electron chi connectivity index (χ4n) is 3.13. The standard InChI is InChI=1S/C19H17FN4O/c1-11-18(13(3)25-23-11)15-8-17-19(21-9-15)12(2)22-24(17)10-14-4-6-16(20)7-5-14/h4-9H,10H2,1-3H3. The molecule has 0 saturated heterocycles. The minimum Gasteiger partial charge on any atom is -0.361 e. The van der Waals surface area contributed by atoms with E-state index < -0.39 is 0 Å². The van der Waals surface area contributed by atoms with Gasteiger partial charge in [0.2, 0.25) is 0 Å². The largest absolute Gasteiger partial charge is 0.361 e. The minimum absolute atomic E-state index is 0.243. The monoisotopic (exact) mass is 336 g/mol. The third-order valence-electron chi connectivity index (χ3n) is 4.33. The number of hydrogen-bond acceptors (Lipinski definition) is 4. The molecule has 0 fully saturated rings. The van der Waals surface area contributed by atoms with E-state index in [9.17, 15) is 4.39 Å². The van der Waals surface area contributed by atoms with E-state index in [1.54, 1.807) is 12.1 Å². The first-order valence-corrected chi connectivity index (χ1v) is 8.04. The maximum absolute atomic E-state index is 13.1. The van der Waals surface area contributed by atoms with Crippen molar-refractivity contribution in [1.29, 1.82) is 0 Å². The lowest BCUT2D eigenvalue weighted by atomic mass is 10.1. The van der Waals surface area contributed by atoms with Gasteiger partial charge in [0, 0.05) is 17.3 Å². The van der Waals surface area contributed by atoms with E-state index in [0.29, 0.717) is 6.54 Å². The van der Waals surface area contributed by atoms with Gasteiger partial charge in [0.05, 0.1) is 23.4 Å². The Hall–Kier alpha value is -3.02. The first-order chi connectivity index (χ1) is 12.0.